The van der Waals surface area contributed by atoms with Crippen LogP contribution in [-0.4, -0.2) is 33.3 Å². The molecule has 0 aromatic heterocycles. The van der Waals surface area contributed by atoms with Crippen molar-refractivity contribution in [1.82, 2.24) is 5.32 Å². The van der Waals surface area contributed by atoms with E-state index in [1.165, 1.54) is 0 Å². The molecule has 0 spiro atoms. The molecule has 6 heteroatoms. The number of nitrogens with two attached hydrogens (primary N) is 1. The number of carbonyl (C=O) groups excluding carboxylic acids is 1. The van der Waals surface area contributed by atoms with E-state index in [4.69, 9.17) is 19.9 Å². The van der Waals surface area contributed by atoms with Gasteiger partial charge in [-0.15, -0.1) is 0 Å². The van der Waals surface area contributed by atoms with E-state index in [0.29, 0.717) is 48.9 Å². The zero-order chi connectivity index (χ0) is 18.8. The summed E-state index contributed by atoms with van der Waals surface area (Å²) in [5.74, 6) is 2.05. The molecule has 0 unspecified atom stereocenters. The van der Waals surface area contributed by atoms with Crippen LogP contribution in [0.3, 0.4) is 0 Å². The minimum Gasteiger partial charge on any atom is -0.493 e. The predicted molar refractivity (Wildman–Crippen MR) is 102 cm³/mol. The van der Waals surface area contributed by atoms with Gasteiger partial charge in [0, 0.05) is 13.0 Å². The average molecular weight is 358 g/mol. The number of rotatable bonds is 10. The molecule has 0 saturated heterocycles. The van der Waals surface area contributed by atoms with E-state index in [-0.39, 0.29) is 5.91 Å². The summed E-state index contributed by atoms with van der Waals surface area (Å²) in [5, 5.41) is 2.92. The Balaban J connectivity index is 1.65. The summed E-state index contributed by atoms with van der Waals surface area (Å²) in [4.78, 5) is 11.9. The van der Waals surface area contributed by atoms with Gasteiger partial charge in [-0.25, -0.2) is 0 Å². The summed E-state index contributed by atoms with van der Waals surface area (Å²) in [5.41, 5.74) is 7.48. The minimum atomic E-state index is 0.00936. The van der Waals surface area contributed by atoms with Crippen molar-refractivity contribution in [3.63, 3.8) is 0 Å². The van der Waals surface area contributed by atoms with Crippen LogP contribution in [-0.2, 0) is 11.2 Å². The zero-order valence-electron chi connectivity index (χ0n) is 15.3. The molecule has 140 valence electrons. The molecule has 2 rings (SSSR count). The van der Waals surface area contributed by atoms with Gasteiger partial charge in [0.1, 0.15) is 5.75 Å². The molecule has 2 aromatic rings. The smallest absolute Gasteiger partial charge is 0.220 e. The van der Waals surface area contributed by atoms with E-state index in [0.717, 1.165) is 12.0 Å². The van der Waals surface area contributed by atoms with Gasteiger partial charge in [-0.05, 0) is 42.7 Å². The second-order valence-electron chi connectivity index (χ2n) is 5.78. The largest absolute Gasteiger partial charge is 0.493 e. The summed E-state index contributed by atoms with van der Waals surface area (Å²) in [6, 6.07) is 13.1. The van der Waals surface area contributed by atoms with Gasteiger partial charge in [-0.1, -0.05) is 18.2 Å². The molecule has 0 fully saturated rings. The zero-order valence-corrected chi connectivity index (χ0v) is 15.3. The molecular formula is C20H26N2O4. The number of nitrogen functional groups attached to an aromatic ring is 1. The number of benzene rings is 2. The first kappa shape index (κ1) is 19.4. The van der Waals surface area contributed by atoms with Crippen molar-refractivity contribution >= 4 is 11.6 Å². The van der Waals surface area contributed by atoms with Crippen LogP contribution < -0.4 is 25.3 Å². The Morgan fingerprint density at radius 2 is 1.81 bits per heavy atom. The molecule has 0 aliphatic rings. The lowest BCUT2D eigenvalue weighted by Gasteiger charge is -2.10. The predicted octanol–water partition coefficient (Wildman–Crippen LogP) is 2.80. The second kappa shape index (κ2) is 10.2. The van der Waals surface area contributed by atoms with E-state index in [2.05, 4.69) is 5.32 Å². The molecule has 2 aromatic carbocycles. The standard InChI is InChI=1S/C20H26N2O4/c1-24-18-10-9-15(14-19(18)25-2)11-12-22-20(23)8-5-13-26-17-7-4-3-6-16(17)21/h3-4,6-7,9-10,14H,5,8,11-13,21H2,1-2H3,(H,22,23). The Morgan fingerprint density at radius 1 is 1.04 bits per heavy atom. The first-order chi connectivity index (χ1) is 12.6. The van der Waals surface area contributed by atoms with E-state index >= 15 is 0 Å². The number of hydrogen-bond donors (Lipinski definition) is 2. The third kappa shape index (κ3) is 5.88. The second-order valence-corrected chi connectivity index (χ2v) is 5.78. The highest BCUT2D eigenvalue weighted by atomic mass is 16.5. The van der Waals surface area contributed by atoms with Crippen molar-refractivity contribution in [3.05, 3.63) is 48.0 Å². The van der Waals surface area contributed by atoms with Crippen LogP contribution in [0.15, 0.2) is 42.5 Å². The summed E-state index contributed by atoms with van der Waals surface area (Å²) < 4.78 is 16.1. The molecule has 26 heavy (non-hydrogen) atoms. The normalized spacial score (nSPS) is 10.2. The van der Waals surface area contributed by atoms with Crippen LogP contribution >= 0.6 is 0 Å². The molecule has 0 aliphatic heterocycles. The number of carbonyl (C=O) groups is 1. The van der Waals surface area contributed by atoms with Crippen molar-refractivity contribution in [2.24, 2.45) is 0 Å². The number of nitrogens with one attached hydrogen (secondary N) is 1. The van der Waals surface area contributed by atoms with Crippen LogP contribution in [0.4, 0.5) is 5.69 Å². The van der Waals surface area contributed by atoms with E-state index in [1.807, 2.05) is 36.4 Å². The van der Waals surface area contributed by atoms with Gasteiger partial charge in [0.2, 0.25) is 5.91 Å². The third-order valence-electron chi connectivity index (χ3n) is 3.91. The van der Waals surface area contributed by atoms with Crippen molar-refractivity contribution in [1.29, 1.82) is 0 Å². The minimum absolute atomic E-state index is 0.00936. The topological polar surface area (TPSA) is 82.8 Å². The van der Waals surface area contributed by atoms with E-state index < -0.39 is 0 Å². The maximum absolute atomic E-state index is 11.9. The number of hydrogen-bond acceptors (Lipinski definition) is 5. The molecule has 0 radical (unpaired) electrons. The molecule has 0 saturated carbocycles. The van der Waals surface area contributed by atoms with Crippen molar-refractivity contribution in [2.75, 3.05) is 33.1 Å². The highest BCUT2D eigenvalue weighted by Crippen LogP contribution is 2.27. The van der Waals surface area contributed by atoms with Crippen LogP contribution in [0.2, 0.25) is 0 Å². The van der Waals surface area contributed by atoms with Gasteiger partial charge in [-0.3, -0.25) is 4.79 Å². The number of para-hydroxylation sites is 2. The highest BCUT2D eigenvalue weighted by Gasteiger charge is 2.06. The molecule has 0 bridgehead atoms. The number of anilines is 1. The Kier molecular flexibility index (Phi) is 7.61. The Labute approximate surface area is 154 Å². The first-order valence-corrected chi connectivity index (χ1v) is 8.59. The molecular weight excluding hydrogens is 332 g/mol. The third-order valence-corrected chi connectivity index (χ3v) is 3.91. The van der Waals surface area contributed by atoms with Crippen molar-refractivity contribution < 1.29 is 19.0 Å². The summed E-state index contributed by atoms with van der Waals surface area (Å²) in [7, 11) is 3.21. The SMILES string of the molecule is COc1ccc(CCNC(=O)CCCOc2ccccc2N)cc1OC. The monoisotopic (exact) mass is 358 g/mol. The Morgan fingerprint density at radius 3 is 2.54 bits per heavy atom. The van der Waals surface area contributed by atoms with Gasteiger partial charge in [0.05, 0.1) is 26.5 Å². The fourth-order valence-corrected chi connectivity index (χ4v) is 2.50. The number of amides is 1. The van der Waals surface area contributed by atoms with Gasteiger partial charge >= 0.3 is 0 Å². The van der Waals surface area contributed by atoms with E-state index in [9.17, 15) is 4.79 Å². The maximum Gasteiger partial charge on any atom is 0.220 e. The van der Waals surface area contributed by atoms with Crippen molar-refractivity contribution in [3.8, 4) is 17.2 Å². The fraction of sp³-hybridized carbons (Fsp3) is 0.350. The van der Waals surface area contributed by atoms with Gasteiger partial charge < -0.3 is 25.3 Å². The van der Waals surface area contributed by atoms with E-state index in [1.54, 1.807) is 20.3 Å². The summed E-state index contributed by atoms with van der Waals surface area (Å²) in [6.07, 6.45) is 1.78. The summed E-state index contributed by atoms with van der Waals surface area (Å²) >= 11 is 0. The molecule has 1 amide bonds. The number of ether oxygens (including phenoxy) is 3. The maximum atomic E-state index is 11.9. The molecule has 3 N–H and O–H groups in total. The van der Waals surface area contributed by atoms with Crippen LogP contribution in [0.5, 0.6) is 17.2 Å². The lowest BCUT2D eigenvalue weighted by molar-refractivity contribution is -0.121. The van der Waals surface area contributed by atoms with Gasteiger partial charge in [0.15, 0.2) is 11.5 Å². The van der Waals surface area contributed by atoms with Gasteiger partial charge in [-0.2, -0.15) is 0 Å². The molecule has 0 atom stereocenters. The van der Waals surface area contributed by atoms with Crippen LogP contribution in [0.25, 0.3) is 0 Å². The van der Waals surface area contributed by atoms with Crippen LogP contribution in [0.1, 0.15) is 18.4 Å². The Bertz CT molecular complexity index is 719. The molecule has 0 aliphatic carbocycles. The molecule has 0 heterocycles. The lowest BCUT2D eigenvalue weighted by Crippen LogP contribution is -2.25. The first-order valence-electron chi connectivity index (χ1n) is 8.59. The fourth-order valence-electron chi connectivity index (χ4n) is 2.50. The van der Waals surface area contributed by atoms with Crippen LogP contribution in [0, 0.1) is 0 Å². The summed E-state index contributed by atoms with van der Waals surface area (Å²) in [6.45, 7) is 1.03. The highest BCUT2D eigenvalue weighted by molar-refractivity contribution is 5.75. The van der Waals surface area contributed by atoms with Gasteiger partial charge in [0.25, 0.3) is 0 Å². The van der Waals surface area contributed by atoms with Crippen molar-refractivity contribution in [2.45, 2.75) is 19.3 Å². The average Bonchev–Trinajstić information content (AvgIpc) is 2.66. The molecule has 6 nitrogen and oxygen atoms in total. The Hall–Kier alpha value is -2.89. The number of methoxy groups -OCH3 is 2. The quantitative estimate of drug-likeness (QED) is 0.504. The lowest BCUT2D eigenvalue weighted by atomic mass is 10.1.